The van der Waals surface area contributed by atoms with E-state index >= 15 is 0 Å². The molecule has 8 aromatic carbocycles. The Labute approximate surface area is 298 Å². The van der Waals surface area contributed by atoms with Crippen molar-refractivity contribution in [2.75, 3.05) is 4.90 Å². The van der Waals surface area contributed by atoms with Crippen LogP contribution in [0.5, 0.6) is 0 Å². The van der Waals surface area contributed by atoms with Crippen molar-refractivity contribution in [1.29, 1.82) is 0 Å². The van der Waals surface area contributed by atoms with Crippen molar-refractivity contribution in [1.82, 2.24) is 4.98 Å². The van der Waals surface area contributed by atoms with Crippen molar-refractivity contribution < 1.29 is 8.83 Å². The Hall–Kier alpha value is -6.72. The van der Waals surface area contributed by atoms with E-state index in [-0.39, 0.29) is 0 Å². The fraction of sp³-hybridized carbons (Fsp3) is 0.0213. The summed E-state index contributed by atoms with van der Waals surface area (Å²) in [6.45, 7) is 2.20. The lowest BCUT2D eigenvalue weighted by Gasteiger charge is -2.35. The highest BCUT2D eigenvalue weighted by molar-refractivity contribution is 6.73. The van der Waals surface area contributed by atoms with Crippen LogP contribution in [-0.4, -0.2) is 12.3 Å². The maximum absolute atomic E-state index is 6.44. The monoisotopic (exact) mass is 663 g/mol. The van der Waals surface area contributed by atoms with Crippen LogP contribution in [0.25, 0.3) is 87.6 Å². The number of benzene rings is 8. The smallest absolute Gasteiger partial charge is 0.198 e. The van der Waals surface area contributed by atoms with Crippen molar-refractivity contribution in [3.05, 3.63) is 151 Å². The van der Waals surface area contributed by atoms with Crippen LogP contribution in [0.15, 0.2) is 154 Å². The van der Waals surface area contributed by atoms with Crippen molar-refractivity contribution in [3.63, 3.8) is 0 Å². The standard InChI is InChI=1S/C47H28BN2O2/c1-26-19-37(33-14-8-13-32-34-21-27-9-2-3-10-28(27)22-39(34)49-47(32)33)46-41(20-26)50(29-17-18-44-35(23-29)30-11-4-6-15-42(30)51-44)40-24-36-31-12-5-7-16-43(31)52-45(36)25-38(40)48-46/h2-25,49H,1H3. The number of aromatic nitrogens is 1. The van der Waals surface area contributed by atoms with Gasteiger partial charge in [0.05, 0.1) is 5.52 Å². The number of hydrogen-bond donors (Lipinski definition) is 1. The molecule has 52 heavy (non-hydrogen) atoms. The van der Waals surface area contributed by atoms with E-state index < -0.39 is 0 Å². The van der Waals surface area contributed by atoms with Crippen LogP contribution >= 0.6 is 0 Å². The summed E-state index contributed by atoms with van der Waals surface area (Å²) in [5.41, 5.74) is 15.0. The number of hydrogen-bond acceptors (Lipinski definition) is 3. The van der Waals surface area contributed by atoms with Gasteiger partial charge in [-0.05, 0) is 94.9 Å². The highest BCUT2D eigenvalue weighted by Gasteiger charge is 2.30. The molecular weight excluding hydrogens is 635 g/mol. The van der Waals surface area contributed by atoms with E-state index in [2.05, 4.69) is 145 Å². The molecule has 0 aliphatic carbocycles. The highest BCUT2D eigenvalue weighted by atomic mass is 16.3. The summed E-state index contributed by atoms with van der Waals surface area (Å²) in [5, 5.41) is 9.37. The van der Waals surface area contributed by atoms with E-state index in [0.717, 1.165) is 77.4 Å². The largest absolute Gasteiger partial charge is 0.456 e. The van der Waals surface area contributed by atoms with E-state index in [1.54, 1.807) is 0 Å². The molecule has 1 N–H and O–H groups in total. The third-order valence-electron chi connectivity index (χ3n) is 11.0. The van der Waals surface area contributed by atoms with Gasteiger partial charge < -0.3 is 18.7 Å². The number of nitrogens with one attached hydrogen (secondary N) is 1. The van der Waals surface area contributed by atoms with E-state index in [1.807, 2.05) is 24.3 Å². The van der Waals surface area contributed by atoms with Gasteiger partial charge in [-0.1, -0.05) is 90.4 Å². The summed E-state index contributed by atoms with van der Waals surface area (Å²) in [6.07, 6.45) is 0. The summed E-state index contributed by atoms with van der Waals surface area (Å²) < 4.78 is 12.7. The average molecular weight is 664 g/mol. The quantitative estimate of drug-likeness (QED) is 0.187. The summed E-state index contributed by atoms with van der Waals surface area (Å²) in [6, 6.07) is 52.2. The molecule has 0 fully saturated rings. The number of aromatic amines is 1. The number of anilines is 3. The SMILES string of the molecule is Cc1cc(-c2cccc3c2[nH]c2cc4ccccc4cc23)c2c(c1)N(c1ccc3oc4ccccc4c3c1)c1cc3c(cc1[B]2)oc1ccccc13. The third kappa shape index (κ3) is 3.88. The topological polar surface area (TPSA) is 45.3 Å². The number of para-hydroxylation sites is 3. The fourth-order valence-corrected chi connectivity index (χ4v) is 8.68. The fourth-order valence-electron chi connectivity index (χ4n) is 8.68. The van der Waals surface area contributed by atoms with Gasteiger partial charge in [-0.15, -0.1) is 0 Å². The van der Waals surface area contributed by atoms with Crippen LogP contribution in [0, 0.1) is 6.92 Å². The molecule has 1 radical (unpaired) electrons. The molecule has 0 amide bonds. The molecule has 1 aliphatic heterocycles. The van der Waals surface area contributed by atoms with Gasteiger partial charge >= 0.3 is 0 Å². The molecule has 0 saturated carbocycles. The first-order chi connectivity index (χ1) is 25.6. The van der Waals surface area contributed by atoms with Gasteiger partial charge in [0.1, 0.15) is 22.3 Å². The first-order valence-corrected chi connectivity index (χ1v) is 17.7. The molecule has 0 spiro atoms. The van der Waals surface area contributed by atoms with Gasteiger partial charge in [0, 0.05) is 60.5 Å². The minimum absolute atomic E-state index is 0.883. The van der Waals surface area contributed by atoms with Crippen LogP contribution in [0.3, 0.4) is 0 Å². The van der Waals surface area contributed by atoms with Gasteiger partial charge in [0.15, 0.2) is 7.28 Å². The molecule has 1 aliphatic rings. The number of aryl methyl sites for hydroxylation is 1. The Bertz CT molecular complexity index is 3310. The first kappa shape index (κ1) is 28.0. The zero-order chi connectivity index (χ0) is 34.1. The molecule has 0 bridgehead atoms. The van der Waals surface area contributed by atoms with E-state index in [4.69, 9.17) is 8.83 Å². The Morgan fingerprint density at radius 3 is 2.02 bits per heavy atom. The lowest BCUT2D eigenvalue weighted by Crippen LogP contribution is -2.41. The van der Waals surface area contributed by atoms with E-state index in [9.17, 15) is 0 Å². The lowest BCUT2D eigenvalue weighted by atomic mass is 9.58. The van der Waals surface area contributed by atoms with Crippen molar-refractivity contribution in [2.24, 2.45) is 0 Å². The molecular formula is C47H28BN2O2. The van der Waals surface area contributed by atoms with Gasteiger partial charge in [-0.3, -0.25) is 0 Å². The summed E-state index contributed by atoms with van der Waals surface area (Å²) >= 11 is 0. The molecule has 5 heteroatoms. The number of furan rings is 2. The normalized spacial score (nSPS) is 12.8. The molecule has 12 rings (SSSR count). The van der Waals surface area contributed by atoms with Crippen molar-refractivity contribution in [3.8, 4) is 11.1 Å². The van der Waals surface area contributed by atoms with Gasteiger partial charge in [-0.2, -0.15) is 0 Å². The minimum atomic E-state index is 0.883. The van der Waals surface area contributed by atoms with Crippen LogP contribution in [0.1, 0.15) is 5.56 Å². The predicted molar refractivity (Wildman–Crippen MR) is 218 cm³/mol. The Kier molecular flexibility index (Phi) is 5.49. The first-order valence-electron chi connectivity index (χ1n) is 17.7. The maximum Gasteiger partial charge on any atom is 0.198 e. The number of H-pyrrole nitrogens is 1. The molecule has 3 aromatic heterocycles. The van der Waals surface area contributed by atoms with E-state index in [0.29, 0.717) is 0 Å². The summed E-state index contributed by atoms with van der Waals surface area (Å²) in [5.74, 6) is 0. The zero-order valence-electron chi connectivity index (χ0n) is 28.2. The molecule has 11 aromatic rings. The lowest BCUT2D eigenvalue weighted by molar-refractivity contribution is 0.669. The summed E-state index contributed by atoms with van der Waals surface area (Å²) in [4.78, 5) is 6.28. The summed E-state index contributed by atoms with van der Waals surface area (Å²) in [7, 11) is 2.35. The second-order valence-electron chi connectivity index (χ2n) is 14.1. The van der Waals surface area contributed by atoms with Crippen LogP contribution in [0.4, 0.5) is 17.1 Å². The Morgan fingerprint density at radius 2 is 1.19 bits per heavy atom. The molecule has 0 saturated heterocycles. The number of nitrogens with zero attached hydrogens (tertiary/aromatic N) is 1. The van der Waals surface area contributed by atoms with Gasteiger partial charge in [0.25, 0.3) is 0 Å². The predicted octanol–water partition coefficient (Wildman–Crippen LogP) is 11.7. The van der Waals surface area contributed by atoms with Crippen molar-refractivity contribution >= 4 is 112 Å². The zero-order valence-corrected chi connectivity index (χ0v) is 28.2. The molecule has 0 atom stereocenters. The van der Waals surface area contributed by atoms with Gasteiger partial charge in [-0.25, -0.2) is 0 Å². The second-order valence-corrected chi connectivity index (χ2v) is 14.1. The number of rotatable bonds is 2. The average Bonchev–Trinajstić information content (AvgIpc) is 3.85. The molecule has 4 heterocycles. The molecule has 0 unspecified atom stereocenters. The van der Waals surface area contributed by atoms with Crippen molar-refractivity contribution in [2.45, 2.75) is 6.92 Å². The molecule has 4 nitrogen and oxygen atoms in total. The van der Waals surface area contributed by atoms with Gasteiger partial charge in [0.2, 0.25) is 0 Å². The third-order valence-corrected chi connectivity index (χ3v) is 11.0. The molecule has 241 valence electrons. The number of fused-ring (bicyclic) bond motifs is 12. The Balaban J connectivity index is 1.14. The van der Waals surface area contributed by atoms with Crippen LogP contribution < -0.4 is 15.8 Å². The Morgan fingerprint density at radius 1 is 0.500 bits per heavy atom. The minimum Gasteiger partial charge on any atom is -0.456 e. The van der Waals surface area contributed by atoms with Crippen LogP contribution in [-0.2, 0) is 0 Å². The highest BCUT2D eigenvalue weighted by Crippen LogP contribution is 2.43. The van der Waals surface area contributed by atoms with E-state index in [1.165, 1.54) is 43.7 Å². The van der Waals surface area contributed by atoms with Crippen LogP contribution in [0.2, 0.25) is 0 Å². The maximum atomic E-state index is 6.44. The second kappa shape index (κ2) is 10.2.